The van der Waals surface area contributed by atoms with Gasteiger partial charge in [-0.05, 0) is 30.3 Å². The lowest BCUT2D eigenvalue weighted by molar-refractivity contribution is -0.137. The average molecular weight is 236 g/mol. The van der Waals surface area contributed by atoms with Crippen LogP contribution in [0.5, 0.6) is 0 Å². The topological polar surface area (TPSA) is 17.3 Å². The summed E-state index contributed by atoms with van der Waals surface area (Å²) in [6.45, 7) is 0. The first-order valence-electron chi connectivity index (χ1n) is 4.99. The highest BCUT2D eigenvalue weighted by atomic mass is 19.4. The van der Waals surface area contributed by atoms with E-state index in [0.29, 0.717) is 11.0 Å². The number of hydrogen-bond acceptors (Lipinski definition) is 1. The van der Waals surface area contributed by atoms with Gasteiger partial charge in [0.05, 0.1) is 28.3 Å². The molecule has 1 aromatic carbocycles. The van der Waals surface area contributed by atoms with Crippen molar-refractivity contribution in [1.82, 2.24) is 9.38 Å². The maximum absolute atomic E-state index is 12.6. The van der Waals surface area contributed by atoms with Crippen molar-refractivity contribution in [3.8, 4) is 0 Å². The van der Waals surface area contributed by atoms with Crippen molar-refractivity contribution < 1.29 is 13.2 Å². The molecule has 0 saturated heterocycles. The van der Waals surface area contributed by atoms with Gasteiger partial charge < -0.3 is 4.40 Å². The molecule has 2 aromatic heterocycles. The van der Waals surface area contributed by atoms with E-state index in [-0.39, 0.29) is 0 Å². The molecule has 5 heteroatoms. The van der Waals surface area contributed by atoms with E-state index in [0.717, 1.165) is 17.6 Å². The second-order valence-corrected chi connectivity index (χ2v) is 3.76. The molecule has 0 aliphatic heterocycles. The Morgan fingerprint density at radius 1 is 1.12 bits per heavy atom. The van der Waals surface area contributed by atoms with Crippen molar-refractivity contribution in [3.05, 3.63) is 48.3 Å². The first kappa shape index (κ1) is 10.1. The predicted octanol–water partition coefficient (Wildman–Crippen LogP) is 3.51. The van der Waals surface area contributed by atoms with Gasteiger partial charge in [-0.25, -0.2) is 0 Å². The highest BCUT2D eigenvalue weighted by molar-refractivity contribution is 5.79. The van der Waals surface area contributed by atoms with Gasteiger partial charge in [0, 0.05) is 6.20 Å². The SMILES string of the molecule is FC(F)(F)c1ccc2ncc3cccn3c2c1. The molecule has 0 N–H and O–H groups in total. The van der Waals surface area contributed by atoms with Crippen LogP contribution in [0, 0.1) is 0 Å². The zero-order valence-corrected chi connectivity index (χ0v) is 8.57. The van der Waals surface area contributed by atoms with E-state index in [2.05, 4.69) is 4.98 Å². The Hall–Kier alpha value is -2.04. The monoisotopic (exact) mass is 236 g/mol. The fourth-order valence-corrected chi connectivity index (χ4v) is 1.86. The van der Waals surface area contributed by atoms with Crippen molar-refractivity contribution in [1.29, 1.82) is 0 Å². The summed E-state index contributed by atoms with van der Waals surface area (Å²) in [5, 5.41) is 0. The van der Waals surface area contributed by atoms with Crippen LogP contribution >= 0.6 is 0 Å². The molecule has 0 spiro atoms. The highest BCUT2D eigenvalue weighted by Gasteiger charge is 2.30. The standard InChI is InChI=1S/C12H7F3N2/c13-12(14,15)8-3-4-10-11(6-8)17-5-1-2-9(17)7-16-10/h1-7H. The summed E-state index contributed by atoms with van der Waals surface area (Å²) in [4.78, 5) is 4.12. The van der Waals surface area contributed by atoms with Crippen LogP contribution in [0.15, 0.2) is 42.7 Å². The average Bonchev–Trinajstić information content (AvgIpc) is 2.75. The zero-order valence-electron chi connectivity index (χ0n) is 8.57. The van der Waals surface area contributed by atoms with Crippen LogP contribution in [0.4, 0.5) is 13.2 Å². The van der Waals surface area contributed by atoms with Crippen molar-refractivity contribution in [2.45, 2.75) is 6.18 Å². The quantitative estimate of drug-likeness (QED) is 0.583. The van der Waals surface area contributed by atoms with E-state index in [1.807, 2.05) is 0 Å². The Morgan fingerprint density at radius 3 is 2.71 bits per heavy atom. The Balaban J connectivity index is 2.40. The van der Waals surface area contributed by atoms with E-state index >= 15 is 0 Å². The van der Waals surface area contributed by atoms with Gasteiger partial charge in [0.1, 0.15) is 0 Å². The third-order valence-electron chi connectivity index (χ3n) is 2.68. The number of aromatic nitrogens is 2. The maximum Gasteiger partial charge on any atom is 0.416 e. The number of nitrogens with zero attached hydrogens (tertiary/aromatic N) is 2. The van der Waals surface area contributed by atoms with E-state index < -0.39 is 11.7 Å². The normalized spacial score (nSPS) is 12.4. The fourth-order valence-electron chi connectivity index (χ4n) is 1.86. The molecular formula is C12H7F3N2. The largest absolute Gasteiger partial charge is 0.416 e. The molecule has 3 aromatic rings. The lowest BCUT2D eigenvalue weighted by Crippen LogP contribution is -2.05. The molecule has 0 radical (unpaired) electrons. The Kier molecular flexibility index (Phi) is 1.92. The molecule has 2 heterocycles. The van der Waals surface area contributed by atoms with Crippen molar-refractivity contribution in [2.75, 3.05) is 0 Å². The van der Waals surface area contributed by atoms with Gasteiger partial charge in [-0.1, -0.05) is 0 Å². The molecule has 3 rings (SSSR count). The molecule has 0 bridgehead atoms. The number of alkyl halides is 3. The fraction of sp³-hybridized carbons (Fsp3) is 0.0833. The molecule has 0 amide bonds. The van der Waals surface area contributed by atoms with Crippen molar-refractivity contribution >= 4 is 16.6 Å². The lowest BCUT2D eigenvalue weighted by Gasteiger charge is -2.08. The van der Waals surface area contributed by atoms with Crippen LogP contribution in [0.1, 0.15) is 5.56 Å². The third-order valence-corrected chi connectivity index (χ3v) is 2.68. The number of benzene rings is 1. The summed E-state index contributed by atoms with van der Waals surface area (Å²) in [5.74, 6) is 0. The molecule has 0 unspecified atom stereocenters. The number of hydrogen-bond donors (Lipinski definition) is 0. The number of halogens is 3. The van der Waals surface area contributed by atoms with Gasteiger partial charge >= 0.3 is 6.18 Å². The minimum Gasteiger partial charge on any atom is -0.314 e. The van der Waals surface area contributed by atoms with Crippen molar-refractivity contribution in [3.63, 3.8) is 0 Å². The van der Waals surface area contributed by atoms with E-state index in [4.69, 9.17) is 0 Å². The van der Waals surface area contributed by atoms with Gasteiger partial charge in [0.2, 0.25) is 0 Å². The maximum atomic E-state index is 12.6. The van der Waals surface area contributed by atoms with E-state index in [9.17, 15) is 13.2 Å². The molecule has 2 nitrogen and oxygen atoms in total. The van der Waals surface area contributed by atoms with Crippen LogP contribution in [-0.2, 0) is 6.18 Å². The van der Waals surface area contributed by atoms with E-state index in [1.165, 1.54) is 6.07 Å². The molecule has 0 atom stereocenters. The summed E-state index contributed by atoms with van der Waals surface area (Å²) in [5.41, 5.74) is 1.12. The zero-order chi connectivity index (χ0) is 12.0. The molecule has 86 valence electrons. The second kappa shape index (κ2) is 3.23. The predicted molar refractivity (Wildman–Crippen MR) is 57.7 cm³/mol. The lowest BCUT2D eigenvalue weighted by atomic mass is 10.2. The molecule has 0 aliphatic carbocycles. The molecule has 0 fully saturated rings. The van der Waals surface area contributed by atoms with Gasteiger partial charge in [0.25, 0.3) is 0 Å². The summed E-state index contributed by atoms with van der Waals surface area (Å²) < 4.78 is 39.5. The summed E-state index contributed by atoms with van der Waals surface area (Å²) in [6.07, 6.45) is -0.974. The smallest absolute Gasteiger partial charge is 0.314 e. The highest BCUT2D eigenvalue weighted by Crippen LogP contribution is 2.31. The Labute approximate surface area is 94.3 Å². The minimum absolute atomic E-state index is 0.460. The first-order valence-corrected chi connectivity index (χ1v) is 4.99. The summed E-state index contributed by atoms with van der Waals surface area (Å²) in [6, 6.07) is 7.13. The molecule has 17 heavy (non-hydrogen) atoms. The van der Waals surface area contributed by atoms with Crippen LogP contribution < -0.4 is 0 Å². The van der Waals surface area contributed by atoms with Crippen LogP contribution in [0.2, 0.25) is 0 Å². The van der Waals surface area contributed by atoms with Crippen LogP contribution in [0.3, 0.4) is 0 Å². The van der Waals surface area contributed by atoms with Gasteiger partial charge in [-0.2, -0.15) is 13.2 Å². The second-order valence-electron chi connectivity index (χ2n) is 3.76. The minimum atomic E-state index is -4.33. The Morgan fingerprint density at radius 2 is 1.94 bits per heavy atom. The van der Waals surface area contributed by atoms with Crippen molar-refractivity contribution in [2.24, 2.45) is 0 Å². The number of rotatable bonds is 0. The first-order chi connectivity index (χ1) is 8.05. The van der Waals surface area contributed by atoms with Gasteiger partial charge in [-0.3, -0.25) is 4.98 Å². The molecular weight excluding hydrogens is 229 g/mol. The number of fused-ring (bicyclic) bond motifs is 3. The summed E-state index contributed by atoms with van der Waals surface area (Å²) >= 11 is 0. The Bertz CT molecular complexity index is 698. The van der Waals surface area contributed by atoms with E-state index in [1.54, 1.807) is 28.9 Å². The van der Waals surface area contributed by atoms with Gasteiger partial charge in [-0.15, -0.1) is 0 Å². The summed E-state index contributed by atoms with van der Waals surface area (Å²) in [7, 11) is 0. The van der Waals surface area contributed by atoms with Gasteiger partial charge in [0.15, 0.2) is 0 Å². The molecule has 0 aliphatic rings. The van der Waals surface area contributed by atoms with Crippen LogP contribution in [0.25, 0.3) is 16.6 Å². The molecule has 0 saturated carbocycles. The third kappa shape index (κ3) is 1.54. The van der Waals surface area contributed by atoms with Crippen LogP contribution in [-0.4, -0.2) is 9.38 Å².